The van der Waals surface area contributed by atoms with E-state index in [1.165, 1.54) is 0 Å². The SMILES string of the molecule is CCCN(CC(=O)N(C)C)c1ccc(CNC)cn1. The Hall–Kier alpha value is -1.62. The summed E-state index contributed by atoms with van der Waals surface area (Å²) in [6.45, 7) is 4.11. The molecule has 0 fully saturated rings. The molecule has 1 rings (SSSR count). The van der Waals surface area contributed by atoms with Gasteiger partial charge in [-0.15, -0.1) is 0 Å². The second-order valence-corrected chi connectivity index (χ2v) is 4.76. The van der Waals surface area contributed by atoms with Gasteiger partial charge in [-0.3, -0.25) is 4.79 Å². The number of aromatic nitrogens is 1. The molecule has 1 aromatic heterocycles. The second kappa shape index (κ2) is 7.74. The first-order valence-electron chi connectivity index (χ1n) is 6.63. The molecule has 0 radical (unpaired) electrons. The van der Waals surface area contributed by atoms with Gasteiger partial charge in [0, 0.05) is 33.4 Å². The van der Waals surface area contributed by atoms with Crippen molar-refractivity contribution in [2.45, 2.75) is 19.9 Å². The fourth-order valence-corrected chi connectivity index (χ4v) is 1.76. The maximum absolute atomic E-state index is 11.8. The lowest BCUT2D eigenvalue weighted by Gasteiger charge is -2.24. The molecule has 0 unspecified atom stereocenters. The van der Waals surface area contributed by atoms with Gasteiger partial charge in [-0.25, -0.2) is 4.98 Å². The van der Waals surface area contributed by atoms with Gasteiger partial charge in [-0.1, -0.05) is 13.0 Å². The predicted octanol–water partition coefficient (Wildman–Crippen LogP) is 1.11. The Morgan fingerprint density at radius 3 is 2.58 bits per heavy atom. The quantitative estimate of drug-likeness (QED) is 0.801. The zero-order valence-electron chi connectivity index (χ0n) is 12.3. The van der Waals surface area contributed by atoms with E-state index in [1.807, 2.05) is 30.3 Å². The molecule has 0 aliphatic carbocycles. The molecule has 1 amide bonds. The third kappa shape index (κ3) is 4.87. The van der Waals surface area contributed by atoms with E-state index >= 15 is 0 Å². The molecule has 0 aromatic carbocycles. The van der Waals surface area contributed by atoms with Crippen molar-refractivity contribution in [3.8, 4) is 0 Å². The number of carbonyl (C=O) groups is 1. The minimum atomic E-state index is 0.0922. The van der Waals surface area contributed by atoms with Crippen LogP contribution in [-0.4, -0.2) is 50.0 Å². The van der Waals surface area contributed by atoms with Crippen molar-refractivity contribution in [2.24, 2.45) is 0 Å². The van der Waals surface area contributed by atoms with E-state index < -0.39 is 0 Å². The van der Waals surface area contributed by atoms with Crippen molar-refractivity contribution in [2.75, 3.05) is 39.1 Å². The van der Waals surface area contributed by atoms with Crippen molar-refractivity contribution in [1.82, 2.24) is 15.2 Å². The summed E-state index contributed by atoms with van der Waals surface area (Å²) in [5, 5.41) is 3.09. The number of nitrogens with zero attached hydrogens (tertiary/aromatic N) is 3. The van der Waals surface area contributed by atoms with Gasteiger partial charge in [0.25, 0.3) is 0 Å². The Morgan fingerprint density at radius 1 is 1.37 bits per heavy atom. The van der Waals surface area contributed by atoms with Crippen LogP contribution in [0.1, 0.15) is 18.9 Å². The average molecular weight is 264 g/mol. The van der Waals surface area contributed by atoms with Gasteiger partial charge in [0.05, 0.1) is 6.54 Å². The fourth-order valence-electron chi connectivity index (χ4n) is 1.76. The monoisotopic (exact) mass is 264 g/mol. The minimum absolute atomic E-state index is 0.0922. The van der Waals surface area contributed by atoms with Crippen LogP contribution < -0.4 is 10.2 Å². The summed E-state index contributed by atoms with van der Waals surface area (Å²) in [4.78, 5) is 19.9. The number of hydrogen-bond acceptors (Lipinski definition) is 4. The lowest BCUT2D eigenvalue weighted by Crippen LogP contribution is -2.37. The van der Waals surface area contributed by atoms with Crippen molar-refractivity contribution < 1.29 is 4.79 Å². The van der Waals surface area contributed by atoms with E-state index in [-0.39, 0.29) is 5.91 Å². The highest BCUT2D eigenvalue weighted by Gasteiger charge is 2.13. The zero-order valence-corrected chi connectivity index (χ0v) is 12.3. The Morgan fingerprint density at radius 2 is 2.11 bits per heavy atom. The molecule has 1 heterocycles. The smallest absolute Gasteiger partial charge is 0.241 e. The number of carbonyl (C=O) groups excluding carboxylic acids is 1. The van der Waals surface area contributed by atoms with Gasteiger partial charge >= 0.3 is 0 Å². The largest absolute Gasteiger partial charge is 0.347 e. The Kier molecular flexibility index (Phi) is 6.29. The standard InChI is InChI=1S/C14H24N4O/c1-5-8-18(11-14(19)17(3)4)13-7-6-12(9-15-2)10-16-13/h6-7,10,15H,5,8-9,11H2,1-4H3. The van der Waals surface area contributed by atoms with E-state index in [0.717, 1.165) is 30.9 Å². The van der Waals surface area contributed by atoms with E-state index in [9.17, 15) is 4.79 Å². The third-order valence-electron chi connectivity index (χ3n) is 2.83. The second-order valence-electron chi connectivity index (χ2n) is 4.76. The molecule has 5 heteroatoms. The number of likely N-dealkylation sites (N-methyl/N-ethyl adjacent to an activating group) is 1. The Labute approximate surface area is 115 Å². The van der Waals surface area contributed by atoms with Gasteiger partial charge in [-0.05, 0) is 25.1 Å². The number of amides is 1. The van der Waals surface area contributed by atoms with Crippen LogP contribution in [0.15, 0.2) is 18.3 Å². The van der Waals surface area contributed by atoms with E-state index in [4.69, 9.17) is 0 Å². The molecule has 1 aromatic rings. The summed E-state index contributed by atoms with van der Waals surface area (Å²) in [5.41, 5.74) is 1.14. The summed E-state index contributed by atoms with van der Waals surface area (Å²) >= 11 is 0. The highest BCUT2D eigenvalue weighted by Crippen LogP contribution is 2.12. The molecule has 0 saturated heterocycles. The molecule has 19 heavy (non-hydrogen) atoms. The summed E-state index contributed by atoms with van der Waals surface area (Å²) in [5.74, 6) is 0.950. The van der Waals surface area contributed by atoms with E-state index in [2.05, 4.69) is 17.2 Å². The number of nitrogens with one attached hydrogen (secondary N) is 1. The highest BCUT2D eigenvalue weighted by atomic mass is 16.2. The molecule has 0 saturated carbocycles. The number of pyridine rings is 1. The van der Waals surface area contributed by atoms with E-state index in [0.29, 0.717) is 6.54 Å². The van der Waals surface area contributed by atoms with Gasteiger partial charge in [0.1, 0.15) is 5.82 Å². The summed E-state index contributed by atoms with van der Waals surface area (Å²) in [7, 11) is 5.46. The van der Waals surface area contributed by atoms with Crippen LogP contribution in [0.25, 0.3) is 0 Å². The molecule has 0 aliphatic rings. The van der Waals surface area contributed by atoms with E-state index in [1.54, 1.807) is 19.0 Å². The molecular weight excluding hydrogens is 240 g/mol. The normalized spacial score (nSPS) is 10.3. The van der Waals surface area contributed by atoms with Gasteiger partial charge < -0.3 is 15.1 Å². The van der Waals surface area contributed by atoms with Crippen LogP contribution in [0.3, 0.4) is 0 Å². The van der Waals surface area contributed by atoms with Gasteiger partial charge in [0.15, 0.2) is 0 Å². The first kappa shape index (κ1) is 15.4. The molecule has 5 nitrogen and oxygen atoms in total. The average Bonchev–Trinajstić information content (AvgIpc) is 2.39. The summed E-state index contributed by atoms with van der Waals surface area (Å²) < 4.78 is 0. The molecule has 106 valence electrons. The van der Waals surface area contributed by atoms with Gasteiger partial charge in [0.2, 0.25) is 5.91 Å². The highest BCUT2D eigenvalue weighted by molar-refractivity contribution is 5.80. The maximum Gasteiger partial charge on any atom is 0.241 e. The molecular formula is C14H24N4O. The Bertz CT molecular complexity index is 389. The molecule has 1 N–H and O–H groups in total. The number of anilines is 1. The van der Waals surface area contributed by atoms with Crippen molar-refractivity contribution in [3.05, 3.63) is 23.9 Å². The van der Waals surface area contributed by atoms with Gasteiger partial charge in [-0.2, -0.15) is 0 Å². The fraction of sp³-hybridized carbons (Fsp3) is 0.571. The molecule has 0 aliphatic heterocycles. The zero-order chi connectivity index (χ0) is 14.3. The van der Waals surface area contributed by atoms with Crippen LogP contribution in [0.5, 0.6) is 0 Å². The summed E-state index contributed by atoms with van der Waals surface area (Å²) in [6.07, 6.45) is 2.84. The van der Waals surface area contributed by atoms with Crippen molar-refractivity contribution in [1.29, 1.82) is 0 Å². The first-order valence-corrected chi connectivity index (χ1v) is 6.63. The number of rotatable bonds is 7. The number of hydrogen-bond donors (Lipinski definition) is 1. The van der Waals surface area contributed by atoms with Crippen molar-refractivity contribution >= 4 is 11.7 Å². The van der Waals surface area contributed by atoms with Crippen LogP contribution in [0.4, 0.5) is 5.82 Å². The molecule has 0 spiro atoms. The minimum Gasteiger partial charge on any atom is -0.347 e. The topological polar surface area (TPSA) is 48.5 Å². The van der Waals surface area contributed by atoms with Crippen LogP contribution in [-0.2, 0) is 11.3 Å². The van der Waals surface area contributed by atoms with Crippen LogP contribution in [0, 0.1) is 0 Å². The lowest BCUT2D eigenvalue weighted by atomic mass is 10.2. The van der Waals surface area contributed by atoms with Crippen LogP contribution >= 0.6 is 0 Å². The molecule has 0 atom stereocenters. The Balaban J connectivity index is 2.77. The van der Waals surface area contributed by atoms with Crippen molar-refractivity contribution in [3.63, 3.8) is 0 Å². The first-order chi connectivity index (χ1) is 9.08. The summed E-state index contributed by atoms with van der Waals surface area (Å²) in [6, 6.07) is 4.02. The predicted molar refractivity (Wildman–Crippen MR) is 78.2 cm³/mol. The van der Waals surface area contributed by atoms with Crippen LogP contribution in [0.2, 0.25) is 0 Å². The third-order valence-corrected chi connectivity index (χ3v) is 2.83. The lowest BCUT2D eigenvalue weighted by molar-refractivity contribution is -0.127. The maximum atomic E-state index is 11.8. The molecule has 0 bridgehead atoms.